The summed E-state index contributed by atoms with van der Waals surface area (Å²) in [6.45, 7) is -0.159. The molecule has 2 aromatic rings. The summed E-state index contributed by atoms with van der Waals surface area (Å²) >= 11 is 0. The number of hydrogen-bond acceptors (Lipinski definition) is 5. The lowest BCUT2D eigenvalue weighted by Gasteiger charge is -2.22. The van der Waals surface area contributed by atoms with E-state index in [1.165, 1.54) is 11.8 Å². The third-order valence-corrected chi connectivity index (χ3v) is 3.31. The second-order valence-corrected chi connectivity index (χ2v) is 4.77. The molecule has 7 heteroatoms. The van der Waals surface area contributed by atoms with Crippen LogP contribution < -0.4 is 16.3 Å². The Bertz CT molecular complexity index is 585. The van der Waals surface area contributed by atoms with E-state index in [1.54, 1.807) is 6.07 Å². The Morgan fingerprint density at radius 2 is 2.05 bits per heavy atom. The van der Waals surface area contributed by atoms with Gasteiger partial charge in [0.25, 0.3) is 0 Å². The maximum absolute atomic E-state index is 9.98. The Hall–Kier alpha value is -1.70. The summed E-state index contributed by atoms with van der Waals surface area (Å²) in [5.41, 5.74) is 12.7. The van der Waals surface area contributed by atoms with Crippen LogP contribution in [0.2, 0.25) is 0 Å². The highest BCUT2D eigenvalue weighted by Crippen LogP contribution is 2.25. The van der Waals surface area contributed by atoms with Crippen LogP contribution in [0.3, 0.4) is 0 Å². The van der Waals surface area contributed by atoms with Gasteiger partial charge in [-0.15, -0.1) is 0 Å². The predicted molar refractivity (Wildman–Crippen MR) is 72.4 cm³/mol. The highest BCUT2D eigenvalue weighted by Gasteiger charge is 2.24. The zero-order valence-electron chi connectivity index (χ0n) is 11.1. The lowest BCUT2D eigenvalue weighted by Crippen LogP contribution is -2.43. The van der Waals surface area contributed by atoms with E-state index in [1.807, 2.05) is 17.7 Å². The molecule has 19 heavy (non-hydrogen) atoms. The number of aliphatic hydroxyl groups is 2. The van der Waals surface area contributed by atoms with E-state index in [-0.39, 0.29) is 19.4 Å². The fourth-order valence-electron chi connectivity index (χ4n) is 2.30. The first-order valence-corrected chi connectivity index (χ1v) is 6.02. The smallest absolute Gasteiger partial charge is 0.142 e. The number of nitrogens with zero attached hydrogens (tertiary/aromatic N) is 2. The standard InChI is InChI=1S/C12H20N4O3/c1-15-8(7-12(14,18)3-4-17)5-10-9(15)6-11(13)16(10)19-2/h5-6,17-18H,3-4,7,13-14H2,1-2H3. The maximum atomic E-state index is 9.98. The van der Waals surface area contributed by atoms with Crippen molar-refractivity contribution in [3.05, 3.63) is 17.8 Å². The molecule has 0 saturated carbocycles. The predicted octanol–water partition coefficient (Wildman–Crippen LogP) is -0.807. The van der Waals surface area contributed by atoms with Crippen molar-refractivity contribution in [3.8, 4) is 0 Å². The summed E-state index contributed by atoms with van der Waals surface area (Å²) in [5, 5.41) is 18.9. The molecule has 2 rings (SSSR count). The van der Waals surface area contributed by atoms with Gasteiger partial charge in [-0.05, 0) is 6.07 Å². The van der Waals surface area contributed by atoms with Crippen LogP contribution >= 0.6 is 0 Å². The molecule has 0 aromatic carbocycles. The Labute approximate surface area is 110 Å². The van der Waals surface area contributed by atoms with Crippen LogP contribution in [0.1, 0.15) is 12.1 Å². The topological polar surface area (TPSA) is 112 Å². The molecule has 0 amide bonds. The lowest BCUT2D eigenvalue weighted by atomic mass is 10.1. The van der Waals surface area contributed by atoms with E-state index in [4.69, 9.17) is 21.4 Å². The van der Waals surface area contributed by atoms with E-state index < -0.39 is 5.72 Å². The molecule has 2 heterocycles. The molecular weight excluding hydrogens is 248 g/mol. The highest BCUT2D eigenvalue weighted by atomic mass is 16.6. The van der Waals surface area contributed by atoms with Gasteiger partial charge in [0.15, 0.2) is 0 Å². The van der Waals surface area contributed by atoms with Gasteiger partial charge in [-0.3, -0.25) is 0 Å². The lowest BCUT2D eigenvalue weighted by molar-refractivity contribution is 0.0207. The number of aryl methyl sites for hydroxylation is 1. The molecule has 106 valence electrons. The van der Waals surface area contributed by atoms with Crippen LogP contribution in [-0.2, 0) is 13.5 Å². The van der Waals surface area contributed by atoms with Crippen molar-refractivity contribution < 1.29 is 15.1 Å². The third-order valence-electron chi connectivity index (χ3n) is 3.31. The molecule has 1 unspecified atom stereocenters. The Kier molecular flexibility index (Phi) is 3.44. The van der Waals surface area contributed by atoms with Crippen LogP contribution in [0.4, 0.5) is 5.82 Å². The molecule has 1 atom stereocenters. The van der Waals surface area contributed by atoms with Crippen LogP contribution in [0, 0.1) is 0 Å². The van der Waals surface area contributed by atoms with E-state index in [0.29, 0.717) is 5.82 Å². The van der Waals surface area contributed by atoms with Crippen molar-refractivity contribution in [1.82, 2.24) is 9.30 Å². The summed E-state index contributed by atoms with van der Waals surface area (Å²) in [5.74, 6) is 0.507. The number of aromatic nitrogens is 2. The first kappa shape index (κ1) is 13.7. The zero-order valence-corrected chi connectivity index (χ0v) is 11.1. The van der Waals surface area contributed by atoms with Crippen molar-refractivity contribution in [2.45, 2.75) is 18.6 Å². The number of anilines is 1. The number of rotatable bonds is 5. The normalized spacial score (nSPS) is 14.8. The van der Waals surface area contributed by atoms with Gasteiger partial charge in [-0.1, -0.05) is 0 Å². The largest absolute Gasteiger partial charge is 0.415 e. The number of nitrogen functional groups attached to an aromatic ring is 1. The molecule has 0 aliphatic heterocycles. The van der Waals surface area contributed by atoms with Crippen molar-refractivity contribution in [1.29, 1.82) is 0 Å². The minimum Gasteiger partial charge on any atom is -0.415 e. The number of nitrogens with two attached hydrogens (primary N) is 2. The van der Waals surface area contributed by atoms with E-state index >= 15 is 0 Å². The van der Waals surface area contributed by atoms with Gasteiger partial charge in [-0.2, -0.15) is 4.73 Å². The fourth-order valence-corrected chi connectivity index (χ4v) is 2.30. The average Bonchev–Trinajstić information content (AvgIpc) is 2.76. The molecule has 6 N–H and O–H groups in total. The van der Waals surface area contributed by atoms with E-state index in [0.717, 1.165) is 16.7 Å². The number of fused-ring (bicyclic) bond motifs is 1. The molecule has 7 nitrogen and oxygen atoms in total. The van der Waals surface area contributed by atoms with Crippen LogP contribution in [0.15, 0.2) is 12.1 Å². The summed E-state index contributed by atoms with van der Waals surface area (Å²) in [6.07, 6.45) is 0.358. The van der Waals surface area contributed by atoms with Crippen LogP contribution in [-0.4, -0.2) is 39.0 Å². The fraction of sp³-hybridized carbons (Fsp3) is 0.500. The summed E-state index contributed by atoms with van der Waals surface area (Å²) in [7, 11) is 3.40. The minimum absolute atomic E-state index is 0.120. The highest BCUT2D eigenvalue weighted by molar-refractivity contribution is 5.82. The van der Waals surface area contributed by atoms with Crippen molar-refractivity contribution >= 4 is 16.9 Å². The molecule has 0 spiro atoms. The maximum Gasteiger partial charge on any atom is 0.142 e. The second-order valence-electron chi connectivity index (χ2n) is 4.77. The summed E-state index contributed by atoms with van der Waals surface area (Å²) in [6, 6.07) is 3.66. The van der Waals surface area contributed by atoms with Crippen LogP contribution in [0.25, 0.3) is 11.0 Å². The van der Waals surface area contributed by atoms with Crippen molar-refractivity contribution in [2.75, 3.05) is 19.5 Å². The minimum atomic E-state index is -1.43. The van der Waals surface area contributed by atoms with Gasteiger partial charge in [0.05, 0.1) is 5.52 Å². The van der Waals surface area contributed by atoms with Gasteiger partial charge in [0.1, 0.15) is 24.2 Å². The van der Waals surface area contributed by atoms with Crippen molar-refractivity contribution in [3.63, 3.8) is 0 Å². The Morgan fingerprint density at radius 1 is 1.37 bits per heavy atom. The summed E-state index contributed by atoms with van der Waals surface area (Å²) in [4.78, 5) is 5.19. The van der Waals surface area contributed by atoms with Gasteiger partial charge >= 0.3 is 0 Å². The van der Waals surface area contributed by atoms with Gasteiger partial charge in [-0.25, -0.2) is 0 Å². The Balaban J connectivity index is 2.40. The monoisotopic (exact) mass is 268 g/mol. The molecule has 0 bridgehead atoms. The van der Waals surface area contributed by atoms with Crippen molar-refractivity contribution in [2.24, 2.45) is 12.8 Å². The molecule has 2 aromatic heterocycles. The molecule has 0 radical (unpaired) electrons. The van der Waals surface area contributed by atoms with Gasteiger partial charge < -0.3 is 31.1 Å². The summed E-state index contributed by atoms with van der Waals surface area (Å²) < 4.78 is 3.41. The van der Waals surface area contributed by atoms with Gasteiger partial charge in [0.2, 0.25) is 0 Å². The average molecular weight is 268 g/mol. The zero-order chi connectivity index (χ0) is 14.2. The van der Waals surface area contributed by atoms with E-state index in [9.17, 15) is 5.11 Å². The Morgan fingerprint density at radius 3 is 2.63 bits per heavy atom. The van der Waals surface area contributed by atoms with Gasteiger partial charge in [0, 0.05) is 38.3 Å². The first-order valence-electron chi connectivity index (χ1n) is 6.02. The second kappa shape index (κ2) is 4.76. The molecular formula is C12H20N4O3. The molecule has 0 aliphatic carbocycles. The SMILES string of the molecule is COn1c(N)cc2c1cc(CC(N)(O)CCO)n2C. The molecule has 0 saturated heterocycles. The number of aliphatic hydroxyl groups excluding tert-OH is 1. The molecule has 0 aliphatic rings. The van der Waals surface area contributed by atoms with E-state index in [2.05, 4.69) is 0 Å². The molecule has 0 fully saturated rings. The first-order chi connectivity index (χ1) is 8.89. The quantitative estimate of drug-likeness (QED) is 0.530. The third kappa shape index (κ3) is 2.40. The van der Waals surface area contributed by atoms with Crippen LogP contribution in [0.5, 0.6) is 0 Å². The number of hydrogen-bond donors (Lipinski definition) is 4.